The molecular weight excluding hydrogens is 210 g/mol. The zero-order valence-corrected chi connectivity index (χ0v) is 10.1. The third-order valence-electron chi connectivity index (χ3n) is 3.70. The van der Waals surface area contributed by atoms with E-state index >= 15 is 0 Å². The highest BCUT2D eigenvalue weighted by molar-refractivity contribution is 5.63. The van der Waals surface area contributed by atoms with Crippen molar-refractivity contribution in [3.05, 3.63) is 46.6 Å². The first kappa shape index (κ1) is 10.6. The van der Waals surface area contributed by atoms with E-state index in [1.54, 1.807) is 0 Å². The fourth-order valence-electron chi connectivity index (χ4n) is 2.66. The second kappa shape index (κ2) is 4.04. The van der Waals surface area contributed by atoms with Crippen LogP contribution in [0.2, 0.25) is 0 Å². The largest absolute Gasteiger partial charge is 0.392 e. The smallest absolute Gasteiger partial charge is 0.0699 e. The van der Waals surface area contributed by atoms with Crippen molar-refractivity contribution in [2.24, 2.45) is 0 Å². The third kappa shape index (κ3) is 1.79. The Balaban J connectivity index is 2.03. The second-order valence-electron chi connectivity index (χ2n) is 4.83. The molecule has 1 aliphatic rings. The van der Waals surface area contributed by atoms with Crippen LogP contribution < -0.4 is 0 Å². The van der Waals surface area contributed by atoms with Crippen molar-refractivity contribution in [1.82, 2.24) is 4.98 Å². The van der Waals surface area contributed by atoms with Gasteiger partial charge >= 0.3 is 0 Å². The number of benzene rings is 1. The first-order valence-electron chi connectivity index (χ1n) is 6.19. The topological polar surface area (TPSA) is 36.0 Å². The molecule has 88 valence electrons. The molecule has 0 saturated carbocycles. The van der Waals surface area contributed by atoms with E-state index in [1.807, 2.05) is 13.0 Å². The molecule has 1 aromatic heterocycles. The maximum Gasteiger partial charge on any atom is 0.0699 e. The number of aromatic nitrogens is 1. The van der Waals surface area contributed by atoms with Crippen molar-refractivity contribution in [2.45, 2.75) is 32.8 Å². The molecule has 1 heterocycles. The number of hydrogen-bond donors (Lipinski definition) is 2. The van der Waals surface area contributed by atoms with Gasteiger partial charge in [0.25, 0.3) is 0 Å². The summed E-state index contributed by atoms with van der Waals surface area (Å²) >= 11 is 0. The Morgan fingerprint density at radius 3 is 2.76 bits per heavy atom. The van der Waals surface area contributed by atoms with Crippen molar-refractivity contribution in [1.29, 1.82) is 0 Å². The van der Waals surface area contributed by atoms with Crippen molar-refractivity contribution in [3.63, 3.8) is 0 Å². The van der Waals surface area contributed by atoms with Gasteiger partial charge in [0.2, 0.25) is 0 Å². The van der Waals surface area contributed by atoms with E-state index in [-0.39, 0.29) is 6.61 Å². The average Bonchev–Trinajstić information content (AvgIpc) is 2.93. The van der Waals surface area contributed by atoms with Gasteiger partial charge in [0.1, 0.15) is 0 Å². The minimum Gasteiger partial charge on any atom is -0.392 e. The maximum absolute atomic E-state index is 9.21. The fourth-order valence-corrected chi connectivity index (χ4v) is 2.66. The summed E-state index contributed by atoms with van der Waals surface area (Å²) in [4.78, 5) is 3.34. The zero-order chi connectivity index (χ0) is 11.8. The summed E-state index contributed by atoms with van der Waals surface area (Å²) in [6, 6.07) is 8.75. The van der Waals surface area contributed by atoms with Gasteiger partial charge in [-0.2, -0.15) is 0 Å². The first-order valence-corrected chi connectivity index (χ1v) is 6.19. The highest BCUT2D eigenvalue weighted by Gasteiger charge is 2.12. The maximum atomic E-state index is 9.21. The predicted octanol–water partition coefficient (Wildman–Crippen LogP) is 2.97. The molecule has 2 nitrogen and oxygen atoms in total. The quantitative estimate of drug-likeness (QED) is 0.813. The van der Waals surface area contributed by atoms with Crippen molar-refractivity contribution < 1.29 is 5.11 Å². The number of aryl methyl sites for hydroxylation is 3. The number of aliphatic hydroxyl groups excluding tert-OH is 1. The van der Waals surface area contributed by atoms with E-state index in [2.05, 4.69) is 23.2 Å². The van der Waals surface area contributed by atoms with E-state index < -0.39 is 0 Å². The summed E-state index contributed by atoms with van der Waals surface area (Å²) in [5.41, 5.74) is 7.37. The fraction of sp³-hybridized carbons (Fsp3) is 0.333. The standard InChI is InChI=1S/C15H17NO/c1-10-14(9-17)8-15(16-10)13-6-5-11-3-2-4-12(11)7-13/h5-8,16-17H,2-4,9H2,1H3. The van der Waals surface area contributed by atoms with Gasteiger partial charge < -0.3 is 10.1 Å². The number of H-pyrrole nitrogens is 1. The van der Waals surface area contributed by atoms with Gasteiger partial charge in [-0.3, -0.25) is 0 Å². The van der Waals surface area contributed by atoms with E-state index in [9.17, 15) is 5.11 Å². The number of hydrogen-bond acceptors (Lipinski definition) is 1. The van der Waals surface area contributed by atoms with Crippen molar-refractivity contribution in [3.8, 4) is 11.3 Å². The average molecular weight is 227 g/mol. The summed E-state index contributed by atoms with van der Waals surface area (Å²) in [7, 11) is 0. The minimum absolute atomic E-state index is 0.104. The number of rotatable bonds is 2. The Hall–Kier alpha value is -1.54. The van der Waals surface area contributed by atoms with E-state index in [4.69, 9.17) is 0 Å². The van der Waals surface area contributed by atoms with E-state index in [0.29, 0.717) is 0 Å². The van der Waals surface area contributed by atoms with Crippen LogP contribution in [0.4, 0.5) is 0 Å². The second-order valence-corrected chi connectivity index (χ2v) is 4.83. The van der Waals surface area contributed by atoms with Crippen LogP contribution >= 0.6 is 0 Å². The molecule has 1 aliphatic carbocycles. The molecule has 0 atom stereocenters. The molecule has 0 radical (unpaired) electrons. The summed E-state index contributed by atoms with van der Waals surface area (Å²) < 4.78 is 0. The molecule has 2 heteroatoms. The van der Waals surface area contributed by atoms with Gasteiger partial charge in [-0.05, 0) is 60.6 Å². The molecule has 0 aliphatic heterocycles. The Morgan fingerprint density at radius 1 is 1.18 bits per heavy atom. The third-order valence-corrected chi connectivity index (χ3v) is 3.70. The van der Waals surface area contributed by atoms with Crippen molar-refractivity contribution >= 4 is 0 Å². The molecule has 0 fully saturated rings. The monoisotopic (exact) mass is 227 g/mol. The molecule has 0 amide bonds. The van der Waals surface area contributed by atoms with Gasteiger partial charge in [0.15, 0.2) is 0 Å². The Morgan fingerprint density at radius 2 is 2.00 bits per heavy atom. The summed E-state index contributed by atoms with van der Waals surface area (Å²) in [5.74, 6) is 0. The molecular formula is C15H17NO. The predicted molar refractivity (Wildman–Crippen MR) is 68.9 cm³/mol. The molecule has 1 aromatic carbocycles. The molecule has 2 aromatic rings. The lowest BCUT2D eigenvalue weighted by Gasteiger charge is -2.03. The van der Waals surface area contributed by atoms with Crippen molar-refractivity contribution in [2.75, 3.05) is 0 Å². The normalized spacial score (nSPS) is 14.0. The summed E-state index contributed by atoms with van der Waals surface area (Å²) in [5, 5.41) is 9.21. The number of aromatic amines is 1. The van der Waals surface area contributed by atoms with Crippen LogP contribution in [0, 0.1) is 6.92 Å². The molecule has 17 heavy (non-hydrogen) atoms. The lowest BCUT2D eigenvalue weighted by atomic mass is 10.0. The summed E-state index contributed by atoms with van der Waals surface area (Å²) in [6.07, 6.45) is 3.71. The highest BCUT2D eigenvalue weighted by atomic mass is 16.3. The van der Waals surface area contributed by atoms with Crippen LogP contribution in [0.1, 0.15) is 28.8 Å². The van der Waals surface area contributed by atoms with Crippen LogP contribution in [0.3, 0.4) is 0 Å². The lowest BCUT2D eigenvalue weighted by molar-refractivity contribution is 0.281. The molecule has 3 rings (SSSR count). The van der Waals surface area contributed by atoms with E-state index in [0.717, 1.165) is 17.0 Å². The van der Waals surface area contributed by atoms with Crippen LogP contribution in [-0.2, 0) is 19.4 Å². The number of nitrogens with one attached hydrogen (secondary N) is 1. The zero-order valence-electron chi connectivity index (χ0n) is 10.1. The Labute approximate surface area is 101 Å². The van der Waals surface area contributed by atoms with Crippen LogP contribution in [-0.4, -0.2) is 10.1 Å². The molecule has 2 N–H and O–H groups in total. The molecule has 0 saturated heterocycles. The first-order chi connectivity index (χ1) is 8.28. The summed E-state index contributed by atoms with van der Waals surface area (Å²) in [6.45, 7) is 2.11. The number of aliphatic hydroxyl groups is 1. The van der Waals surface area contributed by atoms with Crippen LogP contribution in [0.15, 0.2) is 24.3 Å². The van der Waals surface area contributed by atoms with Gasteiger partial charge in [-0.15, -0.1) is 0 Å². The molecule has 0 spiro atoms. The molecule has 0 bridgehead atoms. The Bertz CT molecular complexity index is 554. The molecule has 0 unspecified atom stereocenters. The Kier molecular flexibility index (Phi) is 2.52. The van der Waals surface area contributed by atoms with Crippen LogP contribution in [0.5, 0.6) is 0 Å². The van der Waals surface area contributed by atoms with Gasteiger partial charge in [0, 0.05) is 11.4 Å². The van der Waals surface area contributed by atoms with Gasteiger partial charge in [0.05, 0.1) is 6.61 Å². The van der Waals surface area contributed by atoms with E-state index in [1.165, 1.54) is 36.0 Å². The van der Waals surface area contributed by atoms with Gasteiger partial charge in [-0.25, -0.2) is 0 Å². The van der Waals surface area contributed by atoms with Gasteiger partial charge in [-0.1, -0.05) is 12.1 Å². The van der Waals surface area contributed by atoms with Crippen LogP contribution in [0.25, 0.3) is 11.3 Å². The highest BCUT2D eigenvalue weighted by Crippen LogP contribution is 2.28. The lowest BCUT2D eigenvalue weighted by Crippen LogP contribution is -1.84. The number of fused-ring (bicyclic) bond motifs is 1. The SMILES string of the molecule is Cc1[nH]c(-c2ccc3c(c2)CCC3)cc1CO. The minimum atomic E-state index is 0.104.